The van der Waals surface area contributed by atoms with Gasteiger partial charge in [-0.2, -0.15) is 0 Å². The minimum absolute atomic E-state index is 0.0607. The molecular weight excluding hydrogens is 530 g/mol. The predicted molar refractivity (Wildman–Crippen MR) is 165 cm³/mol. The number of anilines is 1. The normalized spacial score (nSPS) is 13.1. The van der Waals surface area contributed by atoms with Crippen LogP contribution in [0.25, 0.3) is 22.5 Å². The Balaban J connectivity index is 1.55. The Labute approximate surface area is 249 Å². The highest BCUT2D eigenvalue weighted by atomic mass is 16.5. The third-order valence-corrected chi connectivity index (χ3v) is 7.42. The number of rotatable bonds is 15. The minimum atomic E-state index is -0.112. The van der Waals surface area contributed by atoms with E-state index in [9.17, 15) is 9.59 Å². The molecule has 9 heteroatoms. The lowest BCUT2D eigenvalue weighted by Crippen LogP contribution is -2.35. The van der Waals surface area contributed by atoms with Gasteiger partial charge in [0.1, 0.15) is 5.69 Å². The molecule has 1 atom stereocenters. The van der Waals surface area contributed by atoms with Crippen molar-refractivity contribution in [3.8, 4) is 22.5 Å². The number of hydrogen-bond acceptors (Lipinski definition) is 6. The molecule has 0 saturated heterocycles. The summed E-state index contributed by atoms with van der Waals surface area (Å²) in [5.74, 6) is 0.435. The molecule has 1 N–H and O–H groups in total. The molecule has 4 rings (SSSR count). The molecule has 1 unspecified atom stereocenters. The van der Waals surface area contributed by atoms with Crippen LogP contribution in [0.15, 0.2) is 48.5 Å². The van der Waals surface area contributed by atoms with Gasteiger partial charge >= 0.3 is 0 Å². The number of nitrogens with one attached hydrogen (secondary N) is 1. The molecule has 42 heavy (non-hydrogen) atoms. The van der Waals surface area contributed by atoms with Crippen molar-refractivity contribution in [2.24, 2.45) is 5.92 Å². The molecule has 9 nitrogen and oxygen atoms in total. The van der Waals surface area contributed by atoms with Crippen LogP contribution < -0.4 is 10.2 Å². The van der Waals surface area contributed by atoms with Gasteiger partial charge in [-0.25, -0.2) is 4.68 Å². The first-order valence-electron chi connectivity index (χ1n) is 15.3. The molecule has 0 spiro atoms. The van der Waals surface area contributed by atoms with Crippen LogP contribution in [-0.2, 0) is 32.2 Å². The van der Waals surface area contributed by atoms with Gasteiger partial charge in [0.2, 0.25) is 11.8 Å². The van der Waals surface area contributed by atoms with Gasteiger partial charge in [0, 0.05) is 50.3 Å². The molecular formula is C33H45N5O4. The largest absolute Gasteiger partial charge is 0.381 e. The molecule has 1 aliphatic heterocycles. The summed E-state index contributed by atoms with van der Waals surface area (Å²) in [5, 5.41) is 12.1. The highest BCUT2D eigenvalue weighted by Gasteiger charge is 2.29. The average molecular weight is 576 g/mol. The van der Waals surface area contributed by atoms with E-state index in [2.05, 4.69) is 36.4 Å². The smallest absolute Gasteiger partial charge is 0.229 e. The van der Waals surface area contributed by atoms with Crippen molar-refractivity contribution < 1.29 is 19.1 Å². The highest BCUT2D eigenvalue weighted by molar-refractivity contribution is 6.00. The van der Waals surface area contributed by atoms with Crippen LogP contribution in [0.5, 0.6) is 0 Å². The van der Waals surface area contributed by atoms with Crippen LogP contribution in [0.1, 0.15) is 65.4 Å². The second kappa shape index (κ2) is 15.6. The SMILES string of the molecule is CCCOCCC(=O)NCCC(=O)N1Cc2ccccc2-c2nnn(CCC(C)OCCC(C)C)c2-c2ccccc21. The molecule has 0 radical (unpaired) electrons. The summed E-state index contributed by atoms with van der Waals surface area (Å²) >= 11 is 0. The van der Waals surface area contributed by atoms with E-state index >= 15 is 0 Å². The molecule has 0 saturated carbocycles. The van der Waals surface area contributed by atoms with Gasteiger partial charge in [-0.1, -0.05) is 68.4 Å². The summed E-state index contributed by atoms with van der Waals surface area (Å²) in [5.41, 5.74) is 5.39. The quantitative estimate of drug-likeness (QED) is 0.236. The van der Waals surface area contributed by atoms with E-state index in [0.29, 0.717) is 32.2 Å². The number of amides is 2. The van der Waals surface area contributed by atoms with Crippen LogP contribution in [0.3, 0.4) is 0 Å². The Morgan fingerprint density at radius 3 is 2.50 bits per heavy atom. The van der Waals surface area contributed by atoms with Crippen molar-refractivity contribution in [1.29, 1.82) is 0 Å². The number of fused-ring (bicyclic) bond motifs is 5. The molecule has 1 aliphatic rings. The minimum Gasteiger partial charge on any atom is -0.381 e. The fraction of sp³-hybridized carbons (Fsp3) is 0.515. The van der Waals surface area contributed by atoms with E-state index < -0.39 is 0 Å². The van der Waals surface area contributed by atoms with Gasteiger partial charge < -0.3 is 19.7 Å². The van der Waals surface area contributed by atoms with Crippen LogP contribution >= 0.6 is 0 Å². The number of nitrogens with zero attached hydrogens (tertiary/aromatic N) is 4. The summed E-state index contributed by atoms with van der Waals surface area (Å²) < 4.78 is 13.4. The first-order chi connectivity index (χ1) is 20.4. The Morgan fingerprint density at radius 2 is 1.71 bits per heavy atom. The summed E-state index contributed by atoms with van der Waals surface area (Å²) in [4.78, 5) is 27.8. The predicted octanol–water partition coefficient (Wildman–Crippen LogP) is 5.62. The van der Waals surface area contributed by atoms with Crippen molar-refractivity contribution in [3.63, 3.8) is 0 Å². The van der Waals surface area contributed by atoms with Gasteiger partial charge in [0.15, 0.2) is 0 Å². The molecule has 2 amide bonds. The van der Waals surface area contributed by atoms with Crippen LogP contribution in [0, 0.1) is 5.92 Å². The average Bonchev–Trinajstić information content (AvgIpc) is 3.39. The monoisotopic (exact) mass is 575 g/mol. The maximum atomic E-state index is 13.7. The Bertz CT molecular complexity index is 1320. The number of carbonyl (C=O) groups is 2. The van der Waals surface area contributed by atoms with E-state index in [0.717, 1.165) is 59.6 Å². The van der Waals surface area contributed by atoms with Crippen LogP contribution in [0.2, 0.25) is 0 Å². The highest BCUT2D eigenvalue weighted by Crippen LogP contribution is 2.41. The maximum absolute atomic E-state index is 13.7. The Morgan fingerprint density at radius 1 is 0.952 bits per heavy atom. The number of benzene rings is 2. The number of aryl methyl sites for hydroxylation is 1. The molecule has 226 valence electrons. The lowest BCUT2D eigenvalue weighted by atomic mass is 9.95. The number of hydrogen-bond donors (Lipinski definition) is 1. The lowest BCUT2D eigenvalue weighted by molar-refractivity contribution is -0.122. The van der Waals surface area contributed by atoms with Crippen molar-refractivity contribution >= 4 is 17.5 Å². The third-order valence-electron chi connectivity index (χ3n) is 7.42. The number of carbonyl (C=O) groups excluding carboxylic acids is 2. The first-order valence-corrected chi connectivity index (χ1v) is 15.3. The lowest BCUT2D eigenvalue weighted by Gasteiger charge is -2.29. The summed E-state index contributed by atoms with van der Waals surface area (Å²) in [6.45, 7) is 11.6. The van der Waals surface area contributed by atoms with Crippen molar-refractivity contribution in [3.05, 3.63) is 54.1 Å². The van der Waals surface area contributed by atoms with Crippen molar-refractivity contribution in [1.82, 2.24) is 20.3 Å². The summed E-state index contributed by atoms with van der Waals surface area (Å²) in [6, 6.07) is 16.0. The van der Waals surface area contributed by atoms with Crippen LogP contribution in [-0.4, -0.2) is 59.3 Å². The summed E-state index contributed by atoms with van der Waals surface area (Å²) in [7, 11) is 0. The topological polar surface area (TPSA) is 98.6 Å². The number of aromatic nitrogens is 3. The number of ether oxygens (including phenoxy) is 2. The van der Waals surface area contributed by atoms with Gasteiger partial charge in [-0.15, -0.1) is 5.10 Å². The van der Waals surface area contributed by atoms with Gasteiger partial charge in [-0.05, 0) is 43.7 Å². The Hall–Kier alpha value is -3.56. The Kier molecular flexibility index (Phi) is 11.7. The molecule has 1 aromatic heterocycles. The van der Waals surface area contributed by atoms with E-state index in [1.807, 2.05) is 65.0 Å². The molecule has 0 bridgehead atoms. The fourth-order valence-corrected chi connectivity index (χ4v) is 5.03. The van der Waals surface area contributed by atoms with E-state index in [4.69, 9.17) is 9.47 Å². The zero-order valence-electron chi connectivity index (χ0n) is 25.5. The van der Waals surface area contributed by atoms with Crippen LogP contribution in [0.4, 0.5) is 5.69 Å². The maximum Gasteiger partial charge on any atom is 0.229 e. The fourth-order valence-electron chi connectivity index (χ4n) is 5.03. The molecule has 2 heterocycles. The third kappa shape index (κ3) is 8.26. The second-order valence-corrected chi connectivity index (χ2v) is 11.3. The van der Waals surface area contributed by atoms with E-state index in [1.54, 1.807) is 0 Å². The molecule has 2 aromatic carbocycles. The molecule has 0 aliphatic carbocycles. The zero-order valence-corrected chi connectivity index (χ0v) is 25.5. The van der Waals surface area contributed by atoms with Crippen molar-refractivity contribution in [2.45, 2.75) is 79.0 Å². The molecule has 0 fully saturated rings. The first kappa shape index (κ1) is 31.4. The van der Waals surface area contributed by atoms with E-state index in [-0.39, 0.29) is 37.3 Å². The van der Waals surface area contributed by atoms with Gasteiger partial charge in [0.05, 0.1) is 30.6 Å². The molecule has 3 aromatic rings. The standard InChI is InChI=1S/C33H45N5O4/c1-5-20-41-21-17-30(39)34-18-14-31(40)37-23-26-10-6-7-11-27(26)32-33(28-12-8-9-13-29(28)37)38(36-35-32)19-15-25(4)42-22-16-24(2)3/h6-13,24-25H,5,14-23H2,1-4H3,(H,34,39). The zero-order chi connectivity index (χ0) is 29.9. The number of para-hydroxylation sites is 1. The second-order valence-electron chi connectivity index (χ2n) is 11.3. The van der Waals surface area contributed by atoms with Gasteiger partial charge in [-0.3, -0.25) is 9.59 Å². The van der Waals surface area contributed by atoms with E-state index in [1.165, 1.54) is 0 Å². The van der Waals surface area contributed by atoms with Gasteiger partial charge in [0.25, 0.3) is 0 Å². The summed E-state index contributed by atoms with van der Waals surface area (Å²) in [6.07, 6.45) is 3.31. The van der Waals surface area contributed by atoms with Crippen molar-refractivity contribution in [2.75, 3.05) is 31.3 Å².